The summed E-state index contributed by atoms with van der Waals surface area (Å²) in [6, 6.07) is 8.09. The molecular formula is C13H22N2O. The van der Waals surface area contributed by atoms with E-state index < -0.39 is 0 Å². The minimum absolute atomic E-state index is 0.0859. The highest BCUT2D eigenvalue weighted by Crippen LogP contribution is 2.16. The van der Waals surface area contributed by atoms with Crippen LogP contribution in [0.4, 0.5) is 0 Å². The third-order valence-corrected chi connectivity index (χ3v) is 2.42. The van der Waals surface area contributed by atoms with Gasteiger partial charge in [0.1, 0.15) is 5.75 Å². The highest BCUT2D eigenvalue weighted by molar-refractivity contribution is 5.28. The summed E-state index contributed by atoms with van der Waals surface area (Å²) >= 11 is 0. The molecule has 0 fully saturated rings. The smallest absolute Gasteiger partial charge is 0.119 e. The second-order valence-corrected chi connectivity index (χ2v) is 4.36. The molecule has 3 nitrogen and oxygen atoms in total. The number of nitrogens with two attached hydrogens (primary N) is 1. The van der Waals surface area contributed by atoms with Crippen molar-refractivity contribution in [1.29, 1.82) is 0 Å². The molecule has 0 radical (unpaired) electrons. The summed E-state index contributed by atoms with van der Waals surface area (Å²) in [5.74, 6) is 0.920. The van der Waals surface area contributed by atoms with Gasteiger partial charge in [0, 0.05) is 12.6 Å². The van der Waals surface area contributed by atoms with Crippen LogP contribution >= 0.6 is 0 Å². The van der Waals surface area contributed by atoms with Gasteiger partial charge in [-0.3, -0.25) is 0 Å². The Morgan fingerprint density at radius 3 is 2.38 bits per heavy atom. The second-order valence-electron chi connectivity index (χ2n) is 4.36. The fraction of sp³-hybridized carbons (Fsp3) is 0.538. The van der Waals surface area contributed by atoms with Crippen LogP contribution in [-0.4, -0.2) is 32.1 Å². The van der Waals surface area contributed by atoms with Gasteiger partial charge in [0.2, 0.25) is 0 Å². The fourth-order valence-corrected chi connectivity index (χ4v) is 1.44. The Labute approximate surface area is 98.2 Å². The number of benzene rings is 1. The van der Waals surface area contributed by atoms with Gasteiger partial charge in [-0.05, 0) is 45.1 Å². The van der Waals surface area contributed by atoms with Gasteiger partial charge in [0.15, 0.2) is 0 Å². The van der Waals surface area contributed by atoms with Crippen molar-refractivity contribution in [1.82, 2.24) is 4.90 Å². The maximum atomic E-state index is 5.77. The van der Waals surface area contributed by atoms with E-state index >= 15 is 0 Å². The van der Waals surface area contributed by atoms with Gasteiger partial charge in [-0.1, -0.05) is 12.1 Å². The molecule has 0 aromatic heterocycles. The zero-order valence-corrected chi connectivity index (χ0v) is 10.4. The minimum Gasteiger partial charge on any atom is -0.494 e. The molecule has 1 aromatic carbocycles. The van der Waals surface area contributed by atoms with Crippen LogP contribution in [0.25, 0.3) is 0 Å². The van der Waals surface area contributed by atoms with Crippen molar-refractivity contribution in [3.05, 3.63) is 29.8 Å². The highest BCUT2D eigenvalue weighted by Gasteiger charge is 1.99. The molecule has 2 N–H and O–H groups in total. The summed E-state index contributed by atoms with van der Waals surface area (Å²) in [6.45, 7) is 3.79. The van der Waals surface area contributed by atoms with Crippen molar-refractivity contribution >= 4 is 0 Å². The number of rotatable bonds is 6. The molecule has 0 heterocycles. The predicted octanol–water partition coefficient (Wildman–Crippen LogP) is 2.04. The monoisotopic (exact) mass is 222 g/mol. The van der Waals surface area contributed by atoms with Gasteiger partial charge in [-0.25, -0.2) is 0 Å². The average molecular weight is 222 g/mol. The van der Waals surface area contributed by atoms with Crippen LogP contribution in [0.15, 0.2) is 24.3 Å². The van der Waals surface area contributed by atoms with Crippen LogP contribution in [0.2, 0.25) is 0 Å². The van der Waals surface area contributed by atoms with Gasteiger partial charge >= 0.3 is 0 Å². The number of nitrogens with zero attached hydrogens (tertiary/aromatic N) is 1. The third-order valence-electron chi connectivity index (χ3n) is 2.42. The number of ether oxygens (including phenoxy) is 1. The molecule has 0 saturated heterocycles. The van der Waals surface area contributed by atoms with Crippen molar-refractivity contribution in [2.45, 2.75) is 19.4 Å². The van der Waals surface area contributed by atoms with Crippen LogP contribution in [-0.2, 0) is 0 Å². The molecule has 0 aliphatic rings. The Morgan fingerprint density at radius 1 is 1.25 bits per heavy atom. The average Bonchev–Trinajstić information content (AvgIpc) is 2.25. The topological polar surface area (TPSA) is 38.5 Å². The Kier molecular flexibility index (Phi) is 5.29. The molecule has 1 atom stereocenters. The van der Waals surface area contributed by atoms with E-state index in [0.717, 1.165) is 30.9 Å². The molecule has 0 amide bonds. The second kappa shape index (κ2) is 6.51. The molecule has 0 aliphatic heterocycles. The normalized spacial score (nSPS) is 12.8. The van der Waals surface area contributed by atoms with Gasteiger partial charge in [0.25, 0.3) is 0 Å². The predicted molar refractivity (Wildman–Crippen MR) is 67.7 cm³/mol. The van der Waals surface area contributed by atoms with E-state index in [4.69, 9.17) is 10.5 Å². The Morgan fingerprint density at radius 2 is 1.88 bits per heavy atom. The summed E-state index contributed by atoms with van der Waals surface area (Å²) in [5, 5.41) is 0. The van der Waals surface area contributed by atoms with Gasteiger partial charge in [-0.15, -0.1) is 0 Å². The lowest BCUT2D eigenvalue weighted by molar-refractivity contribution is 0.281. The van der Waals surface area contributed by atoms with Crippen LogP contribution in [0, 0.1) is 0 Å². The van der Waals surface area contributed by atoms with Crippen LogP contribution in [0.3, 0.4) is 0 Å². The molecule has 90 valence electrons. The number of hydrogen-bond donors (Lipinski definition) is 1. The van der Waals surface area contributed by atoms with E-state index in [2.05, 4.69) is 19.0 Å². The van der Waals surface area contributed by atoms with E-state index in [0.29, 0.717) is 0 Å². The fourth-order valence-electron chi connectivity index (χ4n) is 1.44. The van der Waals surface area contributed by atoms with Crippen LogP contribution < -0.4 is 10.5 Å². The van der Waals surface area contributed by atoms with Crippen molar-refractivity contribution in [3.63, 3.8) is 0 Å². The lowest BCUT2D eigenvalue weighted by Crippen LogP contribution is -2.15. The largest absolute Gasteiger partial charge is 0.494 e. The Balaban J connectivity index is 2.32. The quantitative estimate of drug-likeness (QED) is 0.749. The SMILES string of the molecule is C[C@H](N)c1ccc(OCCCN(C)C)cc1. The first kappa shape index (κ1) is 13.0. The lowest BCUT2D eigenvalue weighted by atomic mass is 10.1. The van der Waals surface area contributed by atoms with Crippen molar-refractivity contribution in [3.8, 4) is 5.75 Å². The van der Waals surface area contributed by atoms with Gasteiger partial charge in [0.05, 0.1) is 6.61 Å². The first-order chi connectivity index (χ1) is 7.59. The minimum atomic E-state index is 0.0859. The maximum absolute atomic E-state index is 5.77. The van der Waals surface area contributed by atoms with Gasteiger partial charge in [-0.2, -0.15) is 0 Å². The zero-order valence-electron chi connectivity index (χ0n) is 10.4. The molecule has 0 unspecified atom stereocenters. The first-order valence-electron chi connectivity index (χ1n) is 5.72. The van der Waals surface area contributed by atoms with E-state index in [1.165, 1.54) is 0 Å². The molecule has 3 heteroatoms. The first-order valence-corrected chi connectivity index (χ1v) is 5.72. The van der Waals surface area contributed by atoms with Crippen LogP contribution in [0.5, 0.6) is 5.75 Å². The summed E-state index contributed by atoms with van der Waals surface area (Å²) in [7, 11) is 4.13. The summed E-state index contributed by atoms with van der Waals surface area (Å²) in [5.41, 5.74) is 6.91. The Hall–Kier alpha value is -1.06. The maximum Gasteiger partial charge on any atom is 0.119 e. The van der Waals surface area contributed by atoms with Crippen molar-refractivity contribution < 1.29 is 4.74 Å². The van der Waals surface area contributed by atoms with Crippen molar-refractivity contribution in [2.75, 3.05) is 27.2 Å². The molecule has 16 heavy (non-hydrogen) atoms. The molecule has 0 saturated carbocycles. The molecular weight excluding hydrogens is 200 g/mol. The third kappa shape index (κ3) is 4.64. The summed E-state index contributed by atoms with van der Waals surface area (Å²) in [4.78, 5) is 2.16. The molecule has 1 rings (SSSR count). The van der Waals surface area contributed by atoms with E-state index in [9.17, 15) is 0 Å². The highest BCUT2D eigenvalue weighted by atomic mass is 16.5. The molecule has 1 aromatic rings. The number of hydrogen-bond acceptors (Lipinski definition) is 3. The van der Waals surface area contributed by atoms with Crippen LogP contribution in [0.1, 0.15) is 24.9 Å². The molecule has 0 aliphatic carbocycles. The van der Waals surface area contributed by atoms with E-state index in [1.807, 2.05) is 31.2 Å². The van der Waals surface area contributed by atoms with Crippen molar-refractivity contribution in [2.24, 2.45) is 5.73 Å². The standard InChI is InChI=1S/C13H22N2O/c1-11(14)12-5-7-13(8-6-12)16-10-4-9-15(2)3/h5-8,11H,4,9-10,14H2,1-3H3/t11-/m0/s1. The summed E-state index contributed by atoms with van der Waals surface area (Å²) < 4.78 is 5.62. The summed E-state index contributed by atoms with van der Waals surface area (Å²) in [6.07, 6.45) is 1.04. The van der Waals surface area contributed by atoms with E-state index in [-0.39, 0.29) is 6.04 Å². The zero-order chi connectivity index (χ0) is 12.0. The van der Waals surface area contributed by atoms with E-state index in [1.54, 1.807) is 0 Å². The molecule has 0 spiro atoms. The molecule has 0 bridgehead atoms. The Bertz CT molecular complexity index is 293. The van der Waals surface area contributed by atoms with Gasteiger partial charge < -0.3 is 15.4 Å². The lowest BCUT2D eigenvalue weighted by Gasteiger charge is -2.11.